The number of carboxylic acid groups (broad SMARTS) is 1. The number of carboxylic acids is 1. The summed E-state index contributed by atoms with van der Waals surface area (Å²) < 4.78 is 0.970. The Labute approximate surface area is 110 Å². The number of nitrogens with one attached hydrogen (secondary N) is 1. The zero-order chi connectivity index (χ0) is 12.4. The van der Waals surface area contributed by atoms with E-state index in [1.807, 2.05) is 11.4 Å². The van der Waals surface area contributed by atoms with Crippen molar-refractivity contribution < 1.29 is 9.90 Å². The highest BCUT2D eigenvalue weighted by atomic mass is 79.9. The van der Waals surface area contributed by atoms with Crippen LogP contribution in [0.2, 0.25) is 0 Å². The van der Waals surface area contributed by atoms with Crippen LogP contribution in [0.1, 0.15) is 10.4 Å². The van der Waals surface area contributed by atoms with Crippen LogP contribution in [0.4, 0.5) is 16.4 Å². The van der Waals surface area contributed by atoms with Gasteiger partial charge in [-0.05, 0) is 40.2 Å². The number of anilines is 3. The summed E-state index contributed by atoms with van der Waals surface area (Å²) in [5.74, 6) is -0.972. The highest BCUT2D eigenvalue weighted by Gasteiger charge is 2.07. The van der Waals surface area contributed by atoms with Gasteiger partial charge in [0, 0.05) is 9.85 Å². The molecule has 0 aliphatic rings. The zero-order valence-electron chi connectivity index (χ0n) is 8.61. The minimum absolute atomic E-state index is 0.206. The Balaban J connectivity index is 2.31. The Morgan fingerprint density at radius 2 is 2.18 bits per heavy atom. The molecule has 17 heavy (non-hydrogen) atoms. The normalized spacial score (nSPS) is 10.2. The van der Waals surface area contributed by atoms with E-state index in [1.165, 1.54) is 23.5 Å². The second-order valence-corrected chi connectivity index (χ2v) is 5.19. The Morgan fingerprint density at radius 1 is 1.41 bits per heavy atom. The molecule has 0 aliphatic heterocycles. The molecule has 0 saturated carbocycles. The summed E-state index contributed by atoms with van der Waals surface area (Å²) in [7, 11) is 0. The van der Waals surface area contributed by atoms with Gasteiger partial charge >= 0.3 is 5.97 Å². The van der Waals surface area contributed by atoms with Crippen LogP contribution in [0.5, 0.6) is 0 Å². The molecule has 6 heteroatoms. The molecular weight excluding hydrogens is 304 g/mol. The molecule has 0 fully saturated rings. The van der Waals surface area contributed by atoms with E-state index in [1.54, 1.807) is 6.07 Å². The quantitative estimate of drug-likeness (QED) is 0.758. The third-order valence-corrected chi connectivity index (χ3v) is 3.73. The number of carbonyl (C=O) groups is 1. The Bertz CT molecular complexity index is 568. The van der Waals surface area contributed by atoms with Gasteiger partial charge in [-0.1, -0.05) is 0 Å². The summed E-state index contributed by atoms with van der Waals surface area (Å²) in [6, 6.07) is 6.48. The highest BCUT2D eigenvalue weighted by molar-refractivity contribution is 9.10. The molecule has 2 aromatic rings. The predicted octanol–water partition coefficient (Wildman–Crippen LogP) is 3.53. The number of aromatic carboxylic acids is 1. The third-order valence-electron chi connectivity index (χ3n) is 2.13. The summed E-state index contributed by atoms with van der Waals surface area (Å²) in [4.78, 5) is 10.8. The largest absolute Gasteiger partial charge is 0.478 e. The van der Waals surface area contributed by atoms with Crippen LogP contribution < -0.4 is 11.1 Å². The smallest absolute Gasteiger partial charge is 0.335 e. The van der Waals surface area contributed by atoms with Gasteiger partial charge in [-0.15, -0.1) is 11.3 Å². The number of nitrogens with two attached hydrogens (primary N) is 1. The van der Waals surface area contributed by atoms with Crippen LogP contribution >= 0.6 is 27.3 Å². The van der Waals surface area contributed by atoms with Crippen LogP contribution in [0.25, 0.3) is 0 Å². The monoisotopic (exact) mass is 312 g/mol. The van der Waals surface area contributed by atoms with Crippen LogP contribution in [0.3, 0.4) is 0 Å². The fraction of sp³-hybridized carbons (Fsp3) is 0. The van der Waals surface area contributed by atoms with E-state index < -0.39 is 5.97 Å². The molecule has 0 atom stereocenters. The van der Waals surface area contributed by atoms with Crippen molar-refractivity contribution in [3.05, 3.63) is 39.7 Å². The molecule has 0 bridgehead atoms. The first-order valence-electron chi connectivity index (χ1n) is 4.70. The van der Waals surface area contributed by atoms with Gasteiger partial charge in [-0.3, -0.25) is 0 Å². The van der Waals surface area contributed by atoms with Crippen molar-refractivity contribution in [1.82, 2.24) is 0 Å². The first-order chi connectivity index (χ1) is 8.06. The van der Waals surface area contributed by atoms with E-state index in [9.17, 15) is 4.79 Å². The molecule has 1 aromatic carbocycles. The summed E-state index contributed by atoms with van der Waals surface area (Å²) >= 11 is 4.85. The number of halogens is 1. The van der Waals surface area contributed by atoms with Crippen LogP contribution in [-0.2, 0) is 0 Å². The van der Waals surface area contributed by atoms with E-state index in [0.29, 0.717) is 11.4 Å². The molecule has 0 unspecified atom stereocenters. The van der Waals surface area contributed by atoms with Crippen molar-refractivity contribution in [3.63, 3.8) is 0 Å². The van der Waals surface area contributed by atoms with Crippen molar-refractivity contribution in [1.29, 1.82) is 0 Å². The van der Waals surface area contributed by atoms with Crippen molar-refractivity contribution in [2.45, 2.75) is 0 Å². The maximum atomic E-state index is 10.8. The van der Waals surface area contributed by atoms with Gasteiger partial charge in [0.2, 0.25) is 0 Å². The molecule has 2 rings (SSSR count). The molecule has 0 amide bonds. The van der Waals surface area contributed by atoms with E-state index in [4.69, 9.17) is 10.8 Å². The predicted molar refractivity (Wildman–Crippen MR) is 73.1 cm³/mol. The Kier molecular flexibility index (Phi) is 3.35. The van der Waals surface area contributed by atoms with Crippen molar-refractivity contribution in [3.8, 4) is 0 Å². The molecule has 88 valence electrons. The van der Waals surface area contributed by atoms with E-state index >= 15 is 0 Å². The summed E-state index contributed by atoms with van der Waals surface area (Å²) in [6.45, 7) is 0. The van der Waals surface area contributed by atoms with Gasteiger partial charge in [0.25, 0.3) is 0 Å². The molecule has 0 spiro atoms. The Hall–Kier alpha value is -1.53. The van der Waals surface area contributed by atoms with Gasteiger partial charge in [0.05, 0.1) is 21.9 Å². The molecule has 1 heterocycles. The van der Waals surface area contributed by atoms with Gasteiger partial charge in [-0.25, -0.2) is 4.79 Å². The number of hydrogen-bond donors (Lipinski definition) is 3. The number of rotatable bonds is 3. The third kappa shape index (κ3) is 2.78. The maximum Gasteiger partial charge on any atom is 0.335 e. The van der Waals surface area contributed by atoms with Crippen LogP contribution in [-0.4, -0.2) is 11.1 Å². The first kappa shape index (κ1) is 11.9. The summed E-state index contributed by atoms with van der Waals surface area (Å²) in [5, 5.41) is 14.8. The average Bonchev–Trinajstić information content (AvgIpc) is 2.67. The number of hydrogen-bond acceptors (Lipinski definition) is 4. The fourth-order valence-corrected chi connectivity index (χ4v) is 2.64. The van der Waals surface area contributed by atoms with Gasteiger partial charge in [0.15, 0.2) is 0 Å². The lowest BCUT2D eigenvalue weighted by atomic mass is 10.2. The fourth-order valence-electron chi connectivity index (χ4n) is 1.31. The lowest BCUT2D eigenvalue weighted by Gasteiger charge is -2.08. The zero-order valence-corrected chi connectivity index (χ0v) is 11.0. The van der Waals surface area contributed by atoms with E-state index in [0.717, 1.165) is 9.47 Å². The highest BCUT2D eigenvalue weighted by Crippen LogP contribution is 2.30. The lowest BCUT2D eigenvalue weighted by Crippen LogP contribution is -2.00. The Morgan fingerprint density at radius 3 is 2.76 bits per heavy atom. The van der Waals surface area contributed by atoms with E-state index in [-0.39, 0.29) is 5.56 Å². The average molecular weight is 313 g/mol. The van der Waals surface area contributed by atoms with E-state index in [2.05, 4.69) is 21.2 Å². The molecule has 4 N–H and O–H groups in total. The standard InChI is InChI=1S/C11H9BrN2O2S/c12-7-4-10(17-5-7)14-9-3-6(11(15)16)1-2-8(9)13/h1-5,14H,13H2,(H,15,16). The van der Waals surface area contributed by atoms with Crippen LogP contribution in [0, 0.1) is 0 Å². The number of nitrogen functional groups attached to an aromatic ring is 1. The van der Waals surface area contributed by atoms with Crippen LogP contribution in [0.15, 0.2) is 34.1 Å². The first-order valence-corrected chi connectivity index (χ1v) is 6.37. The summed E-state index contributed by atoms with van der Waals surface area (Å²) in [6.07, 6.45) is 0. The molecule has 4 nitrogen and oxygen atoms in total. The molecule has 0 aliphatic carbocycles. The second-order valence-electron chi connectivity index (χ2n) is 3.36. The number of thiophene rings is 1. The number of benzene rings is 1. The van der Waals surface area contributed by atoms with Gasteiger partial charge in [-0.2, -0.15) is 0 Å². The minimum atomic E-state index is -0.972. The van der Waals surface area contributed by atoms with Crippen molar-refractivity contribution in [2.24, 2.45) is 0 Å². The molecular formula is C11H9BrN2O2S. The maximum absolute atomic E-state index is 10.8. The molecule has 0 saturated heterocycles. The van der Waals surface area contributed by atoms with Gasteiger partial charge in [0.1, 0.15) is 0 Å². The summed E-state index contributed by atoms with van der Waals surface area (Å²) in [5.41, 5.74) is 7.10. The topological polar surface area (TPSA) is 75.4 Å². The van der Waals surface area contributed by atoms with Crippen molar-refractivity contribution >= 4 is 49.6 Å². The SMILES string of the molecule is Nc1ccc(C(=O)O)cc1Nc1cc(Br)cs1. The molecule has 0 radical (unpaired) electrons. The lowest BCUT2D eigenvalue weighted by molar-refractivity contribution is 0.0697. The second kappa shape index (κ2) is 4.77. The van der Waals surface area contributed by atoms with Crippen molar-refractivity contribution in [2.75, 3.05) is 11.1 Å². The van der Waals surface area contributed by atoms with Gasteiger partial charge < -0.3 is 16.2 Å². The minimum Gasteiger partial charge on any atom is -0.478 e. The molecule has 1 aromatic heterocycles.